The molecular weight excluding hydrogens is 212 g/mol. The fraction of sp³-hybridized carbons (Fsp3) is 0.786. The van der Waals surface area contributed by atoms with E-state index in [0.29, 0.717) is 6.54 Å². The predicted octanol–water partition coefficient (Wildman–Crippen LogP) is 1.78. The van der Waals surface area contributed by atoms with E-state index in [-0.39, 0.29) is 11.4 Å². The fourth-order valence-corrected chi connectivity index (χ4v) is 2.67. The minimum atomic E-state index is -0.333. The van der Waals surface area contributed by atoms with Crippen molar-refractivity contribution < 1.29 is 4.79 Å². The number of nitrogens with zero attached hydrogens (tertiary/aromatic N) is 1. The van der Waals surface area contributed by atoms with Gasteiger partial charge in [-0.1, -0.05) is 26.2 Å². The van der Waals surface area contributed by atoms with Crippen LogP contribution in [0.2, 0.25) is 0 Å². The molecule has 0 radical (unpaired) electrons. The molecule has 3 heteroatoms. The smallest absolute Gasteiger partial charge is 0.243 e. The zero-order valence-electron chi connectivity index (χ0n) is 11.1. The van der Waals surface area contributed by atoms with Crippen LogP contribution in [0.25, 0.3) is 0 Å². The number of carbonyl (C=O) groups is 1. The Hall–Kier alpha value is -1.01. The van der Waals surface area contributed by atoms with Gasteiger partial charge in [0.05, 0.1) is 12.1 Å². The van der Waals surface area contributed by atoms with Crippen molar-refractivity contribution in [3.8, 4) is 12.3 Å². The van der Waals surface area contributed by atoms with Crippen molar-refractivity contribution in [1.82, 2.24) is 10.2 Å². The Kier molecular flexibility index (Phi) is 5.50. The molecule has 17 heavy (non-hydrogen) atoms. The molecule has 1 amide bonds. The Labute approximate surface area is 105 Å². The number of hydrogen-bond donors (Lipinski definition) is 1. The number of hydrogen-bond acceptors (Lipinski definition) is 2. The Morgan fingerprint density at radius 2 is 2.24 bits per heavy atom. The molecule has 0 aromatic carbocycles. The van der Waals surface area contributed by atoms with E-state index in [2.05, 4.69) is 25.1 Å². The van der Waals surface area contributed by atoms with Crippen LogP contribution in [0.15, 0.2) is 0 Å². The summed E-state index contributed by atoms with van der Waals surface area (Å²) in [6.07, 6.45) is 10.3. The van der Waals surface area contributed by atoms with Gasteiger partial charge < -0.3 is 10.2 Å². The van der Waals surface area contributed by atoms with Gasteiger partial charge in [0, 0.05) is 6.54 Å². The van der Waals surface area contributed by atoms with Crippen LogP contribution < -0.4 is 5.32 Å². The normalized spacial score (nSPS) is 23.4. The topological polar surface area (TPSA) is 32.3 Å². The van der Waals surface area contributed by atoms with E-state index in [4.69, 9.17) is 6.42 Å². The minimum absolute atomic E-state index is 0.205. The van der Waals surface area contributed by atoms with E-state index < -0.39 is 0 Å². The van der Waals surface area contributed by atoms with Crippen LogP contribution in [-0.2, 0) is 4.79 Å². The van der Waals surface area contributed by atoms with Gasteiger partial charge in [-0.25, -0.2) is 0 Å². The highest BCUT2D eigenvalue weighted by Crippen LogP contribution is 2.27. The zero-order chi connectivity index (χ0) is 12.7. The quantitative estimate of drug-likeness (QED) is 0.713. The van der Waals surface area contributed by atoms with Crippen LogP contribution in [0.1, 0.15) is 46.0 Å². The average molecular weight is 236 g/mol. The zero-order valence-corrected chi connectivity index (χ0v) is 11.1. The number of terminal acetylenes is 1. The molecule has 0 aromatic heterocycles. The van der Waals surface area contributed by atoms with E-state index in [0.717, 1.165) is 45.2 Å². The highest BCUT2D eigenvalue weighted by Gasteiger charge is 2.41. The molecule has 0 bridgehead atoms. The first-order chi connectivity index (χ1) is 8.20. The maximum atomic E-state index is 12.6. The molecule has 1 aliphatic heterocycles. The lowest BCUT2D eigenvalue weighted by Gasteiger charge is -2.33. The van der Waals surface area contributed by atoms with E-state index in [9.17, 15) is 4.79 Å². The molecule has 1 unspecified atom stereocenters. The van der Waals surface area contributed by atoms with Gasteiger partial charge in [-0.3, -0.25) is 4.79 Å². The first-order valence-corrected chi connectivity index (χ1v) is 6.68. The number of carbonyl (C=O) groups excluding carboxylic acids is 1. The van der Waals surface area contributed by atoms with Gasteiger partial charge in [-0.05, 0) is 32.2 Å². The molecule has 0 saturated carbocycles. The van der Waals surface area contributed by atoms with Crippen molar-refractivity contribution >= 4 is 5.91 Å². The summed E-state index contributed by atoms with van der Waals surface area (Å²) < 4.78 is 0. The molecule has 1 N–H and O–H groups in total. The number of rotatable bonds is 6. The molecule has 1 saturated heterocycles. The van der Waals surface area contributed by atoms with Crippen LogP contribution in [0.3, 0.4) is 0 Å². The number of amides is 1. The molecule has 1 fully saturated rings. The molecule has 1 rings (SSSR count). The molecule has 0 aliphatic carbocycles. The fourth-order valence-electron chi connectivity index (χ4n) is 2.67. The number of nitrogens with one attached hydrogen (secondary N) is 1. The molecule has 0 spiro atoms. The minimum Gasteiger partial charge on any atom is -0.330 e. The molecular formula is C14H24N2O. The molecule has 96 valence electrons. The van der Waals surface area contributed by atoms with Gasteiger partial charge >= 0.3 is 0 Å². The van der Waals surface area contributed by atoms with Gasteiger partial charge in [0.15, 0.2) is 0 Å². The summed E-state index contributed by atoms with van der Waals surface area (Å²) in [5.74, 6) is 2.80. The summed E-state index contributed by atoms with van der Waals surface area (Å²) >= 11 is 0. The van der Waals surface area contributed by atoms with Crippen LogP contribution in [-0.4, -0.2) is 36.0 Å². The van der Waals surface area contributed by atoms with E-state index >= 15 is 0 Å². The van der Waals surface area contributed by atoms with Crippen molar-refractivity contribution in [2.45, 2.75) is 51.5 Å². The summed E-state index contributed by atoms with van der Waals surface area (Å²) in [5.41, 5.74) is -0.333. The van der Waals surface area contributed by atoms with E-state index in [1.54, 1.807) is 0 Å². The Morgan fingerprint density at radius 3 is 2.71 bits per heavy atom. The molecule has 1 atom stereocenters. The lowest BCUT2D eigenvalue weighted by atomic mass is 9.90. The third kappa shape index (κ3) is 3.23. The summed E-state index contributed by atoms with van der Waals surface area (Å²) in [5, 5.41) is 3.41. The second-order valence-corrected chi connectivity index (χ2v) is 4.79. The van der Waals surface area contributed by atoms with Crippen molar-refractivity contribution in [3.05, 3.63) is 0 Å². The van der Waals surface area contributed by atoms with Crippen molar-refractivity contribution in [2.75, 3.05) is 19.6 Å². The summed E-state index contributed by atoms with van der Waals surface area (Å²) in [4.78, 5) is 14.4. The Morgan fingerprint density at radius 1 is 1.47 bits per heavy atom. The van der Waals surface area contributed by atoms with E-state index in [1.807, 2.05) is 4.90 Å². The predicted molar refractivity (Wildman–Crippen MR) is 70.6 cm³/mol. The summed E-state index contributed by atoms with van der Waals surface area (Å²) in [7, 11) is 0. The van der Waals surface area contributed by atoms with E-state index in [1.165, 1.54) is 0 Å². The van der Waals surface area contributed by atoms with Crippen molar-refractivity contribution in [1.29, 1.82) is 0 Å². The highest BCUT2D eigenvalue weighted by atomic mass is 16.2. The van der Waals surface area contributed by atoms with Crippen molar-refractivity contribution in [3.63, 3.8) is 0 Å². The Balaban J connectivity index is 2.78. The van der Waals surface area contributed by atoms with Crippen LogP contribution in [0.4, 0.5) is 0 Å². The van der Waals surface area contributed by atoms with Crippen LogP contribution in [0.5, 0.6) is 0 Å². The average Bonchev–Trinajstić information content (AvgIpc) is 2.78. The van der Waals surface area contributed by atoms with Crippen LogP contribution in [0, 0.1) is 12.3 Å². The third-order valence-corrected chi connectivity index (χ3v) is 3.39. The monoisotopic (exact) mass is 236 g/mol. The lowest BCUT2D eigenvalue weighted by Crippen LogP contribution is -2.55. The second kappa shape index (κ2) is 6.66. The van der Waals surface area contributed by atoms with Gasteiger partial charge in [0.1, 0.15) is 0 Å². The van der Waals surface area contributed by atoms with Crippen LogP contribution >= 0.6 is 0 Å². The Bertz CT molecular complexity index is 287. The largest absolute Gasteiger partial charge is 0.330 e. The summed E-state index contributed by atoms with van der Waals surface area (Å²) in [6.45, 7) is 6.34. The first kappa shape index (κ1) is 14.1. The molecule has 3 nitrogen and oxygen atoms in total. The van der Waals surface area contributed by atoms with Crippen molar-refractivity contribution in [2.24, 2.45) is 0 Å². The highest BCUT2D eigenvalue weighted by molar-refractivity contribution is 5.87. The molecule has 0 aromatic rings. The van der Waals surface area contributed by atoms with Gasteiger partial charge in [0.25, 0.3) is 0 Å². The van der Waals surface area contributed by atoms with Gasteiger partial charge in [0.2, 0.25) is 5.91 Å². The second-order valence-electron chi connectivity index (χ2n) is 4.79. The standard InChI is InChI=1S/C14H24N2O/c1-4-8-14(9-7-10-15-14)13(17)16(11-5-2)12-6-3/h2,15H,4,6-12H2,1,3H3. The first-order valence-electron chi connectivity index (χ1n) is 6.68. The molecule has 1 heterocycles. The third-order valence-electron chi connectivity index (χ3n) is 3.39. The maximum Gasteiger partial charge on any atom is 0.243 e. The lowest BCUT2D eigenvalue weighted by molar-refractivity contribution is -0.137. The SMILES string of the molecule is C#CCN(CCC)C(=O)C1(CCC)CCCN1. The molecule has 1 aliphatic rings. The maximum absolute atomic E-state index is 12.6. The van der Waals surface area contributed by atoms with Gasteiger partial charge in [-0.15, -0.1) is 6.42 Å². The van der Waals surface area contributed by atoms with Gasteiger partial charge in [-0.2, -0.15) is 0 Å². The summed E-state index contributed by atoms with van der Waals surface area (Å²) in [6, 6.07) is 0.